The maximum Gasteiger partial charge on any atom is 0.223 e. The molecular formula is C25H32N2O3. The standard InChI is InChI=1S/C25H32N2O3/c1-29-24-13-20(11-12-23(24)30-18-19-7-3-2-4-8-19)15-26-16-21-14-25(28)27(17-21)22-9-5-6-10-22/h2-4,7-8,11-13,21-22,26H,5-6,9-10,14-18H2,1H3. The number of ether oxygens (including phenoxy) is 2. The highest BCUT2D eigenvalue weighted by molar-refractivity contribution is 5.79. The van der Waals surface area contributed by atoms with Crippen LogP contribution in [0.4, 0.5) is 0 Å². The number of nitrogens with zero attached hydrogens (tertiary/aromatic N) is 1. The Kier molecular flexibility index (Phi) is 6.90. The molecule has 1 unspecified atom stereocenters. The predicted octanol–water partition coefficient (Wildman–Crippen LogP) is 4.15. The van der Waals surface area contributed by atoms with Gasteiger partial charge in [-0.3, -0.25) is 4.79 Å². The summed E-state index contributed by atoms with van der Waals surface area (Å²) in [6, 6.07) is 16.7. The van der Waals surface area contributed by atoms with E-state index in [1.807, 2.05) is 42.5 Å². The van der Waals surface area contributed by atoms with Gasteiger partial charge in [-0.25, -0.2) is 0 Å². The Morgan fingerprint density at radius 1 is 1.03 bits per heavy atom. The van der Waals surface area contributed by atoms with E-state index in [1.54, 1.807) is 7.11 Å². The van der Waals surface area contributed by atoms with Gasteiger partial charge in [-0.2, -0.15) is 0 Å². The van der Waals surface area contributed by atoms with Crippen LogP contribution in [0.5, 0.6) is 11.5 Å². The molecule has 1 N–H and O–H groups in total. The van der Waals surface area contributed by atoms with Crippen molar-refractivity contribution in [2.24, 2.45) is 5.92 Å². The molecule has 2 aromatic carbocycles. The zero-order valence-corrected chi connectivity index (χ0v) is 17.8. The monoisotopic (exact) mass is 408 g/mol. The maximum atomic E-state index is 12.4. The molecule has 5 heteroatoms. The summed E-state index contributed by atoms with van der Waals surface area (Å²) in [7, 11) is 1.67. The second-order valence-electron chi connectivity index (χ2n) is 8.44. The van der Waals surface area contributed by atoms with E-state index in [2.05, 4.69) is 16.3 Å². The van der Waals surface area contributed by atoms with E-state index >= 15 is 0 Å². The summed E-state index contributed by atoms with van der Waals surface area (Å²) in [5, 5.41) is 3.53. The number of benzene rings is 2. The molecule has 2 aliphatic rings. The lowest BCUT2D eigenvalue weighted by atomic mass is 10.1. The molecule has 1 heterocycles. The van der Waals surface area contributed by atoms with Crippen LogP contribution in [0.2, 0.25) is 0 Å². The van der Waals surface area contributed by atoms with Crippen LogP contribution in [0.25, 0.3) is 0 Å². The first kappa shape index (κ1) is 20.7. The summed E-state index contributed by atoms with van der Waals surface area (Å²) < 4.78 is 11.5. The second-order valence-corrected chi connectivity index (χ2v) is 8.44. The Labute approximate surface area is 179 Å². The molecule has 1 saturated heterocycles. The van der Waals surface area contributed by atoms with Crippen molar-refractivity contribution in [1.29, 1.82) is 0 Å². The molecule has 1 aliphatic carbocycles. The van der Waals surface area contributed by atoms with Crippen LogP contribution in [-0.4, -0.2) is 37.0 Å². The van der Waals surface area contributed by atoms with Crippen molar-refractivity contribution in [3.05, 3.63) is 59.7 Å². The zero-order chi connectivity index (χ0) is 20.8. The van der Waals surface area contributed by atoms with E-state index in [4.69, 9.17) is 9.47 Å². The smallest absolute Gasteiger partial charge is 0.223 e. The molecule has 160 valence electrons. The zero-order valence-electron chi connectivity index (χ0n) is 17.8. The van der Waals surface area contributed by atoms with Crippen LogP contribution >= 0.6 is 0 Å². The molecule has 1 aliphatic heterocycles. The third-order valence-corrected chi connectivity index (χ3v) is 6.23. The number of hydrogen-bond acceptors (Lipinski definition) is 4. The van der Waals surface area contributed by atoms with Crippen molar-refractivity contribution in [1.82, 2.24) is 10.2 Å². The van der Waals surface area contributed by atoms with Gasteiger partial charge in [0.2, 0.25) is 5.91 Å². The lowest BCUT2D eigenvalue weighted by molar-refractivity contribution is -0.129. The number of carbonyl (C=O) groups excluding carboxylic acids is 1. The topological polar surface area (TPSA) is 50.8 Å². The molecule has 0 spiro atoms. The van der Waals surface area contributed by atoms with Gasteiger partial charge in [-0.05, 0) is 42.0 Å². The second kappa shape index (κ2) is 9.98. The van der Waals surface area contributed by atoms with Crippen molar-refractivity contribution >= 4 is 5.91 Å². The van der Waals surface area contributed by atoms with E-state index in [0.29, 0.717) is 30.9 Å². The Hall–Kier alpha value is -2.53. The largest absolute Gasteiger partial charge is 0.493 e. The number of carbonyl (C=O) groups is 1. The number of nitrogens with one attached hydrogen (secondary N) is 1. The van der Waals surface area contributed by atoms with Crippen LogP contribution in [-0.2, 0) is 17.9 Å². The van der Waals surface area contributed by atoms with Gasteiger partial charge in [0.25, 0.3) is 0 Å². The maximum absolute atomic E-state index is 12.4. The fourth-order valence-corrected chi connectivity index (χ4v) is 4.61. The van der Waals surface area contributed by atoms with Gasteiger partial charge in [0, 0.05) is 32.1 Å². The van der Waals surface area contributed by atoms with Crippen molar-refractivity contribution in [2.75, 3.05) is 20.2 Å². The molecule has 1 atom stereocenters. The lowest BCUT2D eigenvalue weighted by Gasteiger charge is -2.24. The number of rotatable bonds is 9. The quantitative estimate of drug-likeness (QED) is 0.677. The van der Waals surface area contributed by atoms with Gasteiger partial charge >= 0.3 is 0 Å². The van der Waals surface area contributed by atoms with Gasteiger partial charge in [-0.15, -0.1) is 0 Å². The molecule has 0 aromatic heterocycles. The van der Waals surface area contributed by atoms with Gasteiger partial charge in [-0.1, -0.05) is 49.2 Å². The minimum Gasteiger partial charge on any atom is -0.493 e. The minimum absolute atomic E-state index is 0.343. The number of amides is 1. The van der Waals surface area contributed by atoms with Gasteiger partial charge in [0.1, 0.15) is 6.61 Å². The number of methoxy groups -OCH3 is 1. The summed E-state index contributed by atoms with van der Waals surface area (Å²) in [5.74, 6) is 2.25. The van der Waals surface area contributed by atoms with Gasteiger partial charge in [0.15, 0.2) is 11.5 Å². The van der Waals surface area contributed by atoms with Crippen molar-refractivity contribution < 1.29 is 14.3 Å². The number of hydrogen-bond donors (Lipinski definition) is 1. The first-order valence-corrected chi connectivity index (χ1v) is 11.1. The highest BCUT2D eigenvalue weighted by atomic mass is 16.5. The Bertz CT molecular complexity index is 834. The Morgan fingerprint density at radius 2 is 1.83 bits per heavy atom. The molecule has 1 saturated carbocycles. The first-order valence-electron chi connectivity index (χ1n) is 11.1. The summed E-state index contributed by atoms with van der Waals surface area (Å²) in [5.41, 5.74) is 2.28. The van der Waals surface area contributed by atoms with Crippen molar-refractivity contribution in [2.45, 2.75) is 51.3 Å². The fraction of sp³-hybridized carbons (Fsp3) is 0.480. The van der Waals surface area contributed by atoms with Crippen LogP contribution < -0.4 is 14.8 Å². The molecule has 4 rings (SSSR count). The molecule has 0 radical (unpaired) electrons. The highest BCUT2D eigenvalue weighted by Crippen LogP contribution is 2.30. The van der Waals surface area contributed by atoms with Crippen LogP contribution in [0, 0.1) is 5.92 Å². The van der Waals surface area contributed by atoms with E-state index in [-0.39, 0.29) is 0 Å². The predicted molar refractivity (Wildman–Crippen MR) is 118 cm³/mol. The molecule has 5 nitrogen and oxygen atoms in total. The summed E-state index contributed by atoms with van der Waals surface area (Å²) in [4.78, 5) is 14.5. The van der Waals surface area contributed by atoms with Crippen LogP contribution in [0.15, 0.2) is 48.5 Å². The van der Waals surface area contributed by atoms with Crippen LogP contribution in [0.3, 0.4) is 0 Å². The van der Waals surface area contributed by atoms with E-state index in [1.165, 1.54) is 25.7 Å². The SMILES string of the molecule is COc1cc(CNCC2CC(=O)N(C3CCCC3)C2)ccc1OCc1ccccc1. The molecular weight excluding hydrogens is 376 g/mol. The molecule has 30 heavy (non-hydrogen) atoms. The summed E-state index contributed by atoms with van der Waals surface area (Å²) in [6.07, 6.45) is 5.59. The average Bonchev–Trinajstić information content (AvgIpc) is 3.43. The third kappa shape index (κ3) is 5.14. The first-order chi connectivity index (χ1) is 14.7. The third-order valence-electron chi connectivity index (χ3n) is 6.23. The van der Waals surface area contributed by atoms with E-state index in [0.717, 1.165) is 42.3 Å². The minimum atomic E-state index is 0.343. The van der Waals surface area contributed by atoms with Crippen molar-refractivity contribution in [3.8, 4) is 11.5 Å². The summed E-state index contributed by atoms with van der Waals surface area (Å²) in [6.45, 7) is 3.04. The normalized spacial score (nSPS) is 19.4. The summed E-state index contributed by atoms with van der Waals surface area (Å²) >= 11 is 0. The van der Waals surface area contributed by atoms with Crippen LogP contribution in [0.1, 0.15) is 43.2 Å². The van der Waals surface area contributed by atoms with Crippen molar-refractivity contribution in [3.63, 3.8) is 0 Å². The number of likely N-dealkylation sites (tertiary alicyclic amines) is 1. The Morgan fingerprint density at radius 3 is 2.60 bits per heavy atom. The highest BCUT2D eigenvalue weighted by Gasteiger charge is 2.35. The molecule has 0 bridgehead atoms. The fourth-order valence-electron chi connectivity index (χ4n) is 4.61. The molecule has 2 fully saturated rings. The van der Waals surface area contributed by atoms with Gasteiger partial charge < -0.3 is 19.7 Å². The van der Waals surface area contributed by atoms with E-state index in [9.17, 15) is 4.79 Å². The Balaban J connectivity index is 1.26. The van der Waals surface area contributed by atoms with Gasteiger partial charge in [0.05, 0.1) is 7.11 Å². The molecule has 1 amide bonds. The van der Waals surface area contributed by atoms with E-state index < -0.39 is 0 Å². The lowest BCUT2D eigenvalue weighted by Crippen LogP contribution is -2.35. The average molecular weight is 409 g/mol. The molecule has 2 aromatic rings.